The minimum absolute atomic E-state index is 0.333. The van der Waals surface area contributed by atoms with E-state index in [0.29, 0.717) is 11.5 Å². The first-order chi connectivity index (χ1) is 6.83. The molecule has 0 aromatic carbocycles. The molecule has 0 heterocycles. The predicted octanol–water partition coefficient (Wildman–Crippen LogP) is 2.60. The topological polar surface area (TPSA) is 15.3 Å². The van der Waals surface area contributed by atoms with E-state index in [4.69, 9.17) is 0 Å². The van der Waals surface area contributed by atoms with Gasteiger partial charge in [0.1, 0.15) is 0 Å². The monoisotopic (exact) mass is 214 g/mol. The molecule has 0 aliphatic heterocycles. The highest BCUT2D eigenvalue weighted by Gasteiger charge is 2.26. The quantitative estimate of drug-likeness (QED) is 0.701. The lowest BCUT2D eigenvalue weighted by atomic mass is 9.84. The van der Waals surface area contributed by atoms with Crippen molar-refractivity contribution in [3.05, 3.63) is 0 Å². The van der Waals surface area contributed by atoms with Crippen molar-refractivity contribution in [1.29, 1.82) is 0 Å². The fourth-order valence-electron chi connectivity index (χ4n) is 1.93. The fourth-order valence-corrected chi connectivity index (χ4v) is 1.93. The largest absolute Gasteiger partial charge is 0.317 e. The zero-order valence-corrected chi connectivity index (χ0v) is 11.7. The summed E-state index contributed by atoms with van der Waals surface area (Å²) in [5.41, 5.74) is 0.333. The van der Waals surface area contributed by atoms with Crippen molar-refractivity contribution >= 4 is 0 Å². The predicted molar refractivity (Wildman–Crippen MR) is 69.3 cm³/mol. The summed E-state index contributed by atoms with van der Waals surface area (Å²) in [6, 6.07) is 0.554. The van der Waals surface area contributed by atoms with Crippen LogP contribution in [0.4, 0.5) is 0 Å². The maximum absolute atomic E-state index is 3.36. The van der Waals surface area contributed by atoms with Crippen LogP contribution in [0.15, 0.2) is 0 Å². The first-order valence-corrected chi connectivity index (χ1v) is 6.23. The first kappa shape index (κ1) is 14.9. The Morgan fingerprint density at radius 1 is 1.20 bits per heavy atom. The fraction of sp³-hybridized carbons (Fsp3) is 1.00. The van der Waals surface area contributed by atoms with Gasteiger partial charge in [0.15, 0.2) is 0 Å². The Balaban J connectivity index is 4.26. The molecule has 0 aliphatic carbocycles. The Morgan fingerprint density at radius 2 is 1.73 bits per heavy atom. The summed E-state index contributed by atoms with van der Waals surface area (Å²) in [6.07, 6.45) is 0. The molecular weight excluding hydrogens is 184 g/mol. The van der Waals surface area contributed by atoms with Crippen molar-refractivity contribution in [2.75, 3.05) is 26.7 Å². The Bertz CT molecular complexity index is 164. The average molecular weight is 214 g/mol. The van der Waals surface area contributed by atoms with E-state index >= 15 is 0 Å². The van der Waals surface area contributed by atoms with Crippen LogP contribution in [0, 0.1) is 11.3 Å². The SMILES string of the molecule is CCN(CC(C)C)CC(C)(C)C(C)NC. The van der Waals surface area contributed by atoms with Gasteiger partial charge in [0.25, 0.3) is 0 Å². The van der Waals surface area contributed by atoms with Crippen LogP contribution in [0.3, 0.4) is 0 Å². The minimum Gasteiger partial charge on any atom is -0.317 e. The van der Waals surface area contributed by atoms with Crippen LogP contribution in [-0.2, 0) is 0 Å². The van der Waals surface area contributed by atoms with E-state index < -0.39 is 0 Å². The van der Waals surface area contributed by atoms with Crippen molar-refractivity contribution in [2.45, 2.75) is 47.6 Å². The Morgan fingerprint density at radius 3 is 2.07 bits per heavy atom. The molecule has 0 radical (unpaired) electrons. The van der Waals surface area contributed by atoms with Gasteiger partial charge in [0.05, 0.1) is 0 Å². The van der Waals surface area contributed by atoms with Crippen molar-refractivity contribution in [2.24, 2.45) is 11.3 Å². The van der Waals surface area contributed by atoms with Gasteiger partial charge >= 0.3 is 0 Å². The zero-order valence-electron chi connectivity index (χ0n) is 11.7. The van der Waals surface area contributed by atoms with E-state index in [-0.39, 0.29) is 0 Å². The summed E-state index contributed by atoms with van der Waals surface area (Å²) < 4.78 is 0. The van der Waals surface area contributed by atoms with E-state index in [1.54, 1.807) is 0 Å². The van der Waals surface area contributed by atoms with E-state index in [0.717, 1.165) is 12.5 Å². The van der Waals surface area contributed by atoms with E-state index in [1.807, 2.05) is 7.05 Å². The molecule has 0 rings (SSSR count). The first-order valence-electron chi connectivity index (χ1n) is 6.23. The molecule has 0 amide bonds. The number of hydrogen-bond acceptors (Lipinski definition) is 2. The number of hydrogen-bond donors (Lipinski definition) is 1. The summed E-state index contributed by atoms with van der Waals surface area (Å²) in [7, 11) is 2.05. The highest BCUT2D eigenvalue weighted by Crippen LogP contribution is 2.22. The van der Waals surface area contributed by atoms with Crippen molar-refractivity contribution in [3.8, 4) is 0 Å². The van der Waals surface area contributed by atoms with Gasteiger partial charge in [0, 0.05) is 19.1 Å². The lowest BCUT2D eigenvalue weighted by Gasteiger charge is -2.37. The molecule has 1 unspecified atom stereocenters. The van der Waals surface area contributed by atoms with E-state index in [9.17, 15) is 0 Å². The molecule has 0 bridgehead atoms. The van der Waals surface area contributed by atoms with Crippen molar-refractivity contribution in [1.82, 2.24) is 10.2 Å². The number of nitrogens with zero attached hydrogens (tertiary/aromatic N) is 1. The maximum Gasteiger partial charge on any atom is 0.00991 e. The summed E-state index contributed by atoms with van der Waals surface area (Å²) in [4.78, 5) is 2.55. The molecule has 0 saturated carbocycles. The summed E-state index contributed by atoms with van der Waals surface area (Å²) in [5, 5.41) is 3.36. The number of rotatable bonds is 7. The molecule has 92 valence electrons. The molecular formula is C13H30N2. The van der Waals surface area contributed by atoms with E-state index in [1.165, 1.54) is 13.1 Å². The molecule has 0 aromatic heterocycles. The van der Waals surface area contributed by atoms with Gasteiger partial charge in [-0.2, -0.15) is 0 Å². The average Bonchev–Trinajstić information content (AvgIpc) is 2.14. The molecule has 15 heavy (non-hydrogen) atoms. The summed E-state index contributed by atoms with van der Waals surface area (Å²) in [6.45, 7) is 17.3. The van der Waals surface area contributed by atoms with E-state index in [2.05, 4.69) is 51.8 Å². The molecule has 1 N–H and O–H groups in total. The van der Waals surface area contributed by atoms with Crippen LogP contribution in [0.25, 0.3) is 0 Å². The molecule has 0 saturated heterocycles. The van der Waals surface area contributed by atoms with Gasteiger partial charge in [-0.3, -0.25) is 0 Å². The molecule has 0 fully saturated rings. The van der Waals surface area contributed by atoms with Crippen LogP contribution in [0.2, 0.25) is 0 Å². The molecule has 2 nitrogen and oxygen atoms in total. The molecule has 0 aliphatic rings. The van der Waals surface area contributed by atoms with Crippen LogP contribution in [-0.4, -0.2) is 37.6 Å². The van der Waals surface area contributed by atoms with Gasteiger partial charge in [-0.15, -0.1) is 0 Å². The van der Waals surface area contributed by atoms with Crippen LogP contribution < -0.4 is 5.32 Å². The summed E-state index contributed by atoms with van der Waals surface area (Å²) >= 11 is 0. The Kier molecular flexibility index (Phi) is 6.46. The smallest absolute Gasteiger partial charge is 0.00991 e. The second-order valence-corrected chi connectivity index (χ2v) is 5.72. The molecule has 2 heteroatoms. The van der Waals surface area contributed by atoms with Gasteiger partial charge in [-0.25, -0.2) is 0 Å². The minimum atomic E-state index is 0.333. The van der Waals surface area contributed by atoms with Gasteiger partial charge in [-0.05, 0) is 31.8 Å². The van der Waals surface area contributed by atoms with Crippen LogP contribution in [0.1, 0.15) is 41.5 Å². The standard InChI is InChI=1S/C13H30N2/c1-8-15(9-11(2)3)10-13(5,6)12(4)14-7/h11-12,14H,8-10H2,1-7H3. The van der Waals surface area contributed by atoms with Gasteiger partial charge in [0.2, 0.25) is 0 Å². The third kappa shape index (κ3) is 5.53. The van der Waals surface area contributed by atoms with Crippen LogP contribution in [0.5, 0.6) is 0 Å². The molecule has 1 atom stereocenters. The second-order valence-electron chi connectivity index (χ2n) is 5.72. The second kappa shape index (κ2) is 6.49. The van der Waals surface area contributed by atoms with Crippen molar-refractivity contribution in [3.63, 3.8) is 0 Å². The molecule has 0 aromatic rings. The number of nitrogens with one attached hydrogen (secondary N) is 1. The zero-order chi connectivity index (χ0) is 12.1. The Labute approximate surface area is 96.4 Å². The third-order valence-electron chi connectivity index (χ3n) is 3.31. The lowest BCUT2D eigenvalue weighted by Crippen LogP contribution is -2.46. The van der Waals surface area contributed by atoms with Crippen molar-refractivity contribution < 1.29 is 0 Å². The summed E-state index contributed by atoms with van der Waals surface area (Å²) in [5.74, 6) is 0.755. The third-order valence-corrected chi connectivity index (χ3v) is 3.31. The van der Waals surface area contributed by atoms with Gasteiger partial charge in [-0.1, -0.05) is 34.6 Å². The highest BCUT2D eigenvalue weighted by molar-refractivity contribution is 4.83. The Hall–Kier alpha value is -0.0800. The van der Waals surface area contributed by atoms with Gasteiger partial charge < -0.3 is 10.2 Å². The normalized spacial score (nSPS) is 15.0. The lowest BCUT2D eigenvalue weighted by molar-refractivity contribution is 0.140. The maximum atomic E-state index is 3.36. The highest BCUT2D eigenvalue weighted by atomic mass is 15.1. The molecule has 0 spiro atoms. The van der Waals surface area contributed by atoms with Crippen LogP contribution >= 0.6 is 0 Å².